The van der Waals surface area contributed by atoms with Crippen LogP contribution < -0.4 is 0 Å². The van der Waals surface area contributed by atoms with Crippen LogP contribution in [0.3, 0.4) is 0 Å². The molecule has 2 aromatic rings. The molecule has 22 heavy (non-hydrogen) atoms. The number of rotatable bonds is 5. The van der Waals surface area contributed by atoms with E-state index in [9.17, 15) is 13.5 Å². The zero-order valence-electron chi connectivity index (χ0n) is 12.5. The average Bonchev–Trinajstić information content (AvgIpc) is 2.87. The predicted molar refractivity (Wildman–Crippen MR) is 88.5 cm³/mol. The molecule has 0 bridgehead atoms. The van der Waals surface area contributed by atoms with E-state index in [1.54, 1.807) is 0 Å². The van der Waals surface area contributed by atoms with Crippen LogP contribution in [0.4, 0.5) is 0 Å². The summed E-state index contributed by atoms with van der Waals surface area (Å²) in [6, 6.07) is 14.4. The number of aliphatic hydroxyl groups excluding tert-OH is 1. The molecule has 0 amide bonds. The normalized spacial score (nSPS) is 20.7. The molecule has 1 aliphatic heterocycles. The smallest absolute Gasteiger partial charge is 0.151 e. The molecule has 0 spiro atoms. The molecule has 0 aromatic heterocycles. The first-order valence-corrected chi connectivity index (χ1v) is 9.43. The van der Waals surface area contributed by atoms with Crippen molar-refractivity contribution < 1.29 is 13.5 Å². The van der Waals surface area contributed by atoms with Gasteiger partial charge in [-0.25, -0.2) is 8.42 Å². The van der Waals surface area contributed by atoms with E-state index < -0.39 is 9.84 Å². The summed E-state index contributed by atoms with van der Waals surface area (Å²) in [6.07, 6.45) is 0.660. The average molecular weight is 319 g/mol. The maximum atomic E-state index is 11.7. The van der Waals surface area contributed by atoms with Gasteiger partial charge in [0.05, 0.1) is 18.1 Å². The largest absolute Gasteiger partial charge is 0.395 e. The third-order valence-corrected chi connectivity index (χ3v) is 6.12. The summed E-state index contributed by atoms with van der Waals surface area (Å²) in [5.41, 5.74) is 1.18. The maximum Gasteiger partial charge on any atom is 0.151 e. The van der Waals surface area contributed by atoms with Crippen LogP contribution in [-0.4, -0.2) is 49.1 Å². The molecule has 1 saturated heterocycles. The van der Waals surface area contributed by atoms with Crippen LogP contribution in [0.2, 0.25) is 0 Å². The lowest BCUT2D eigenvalue weighted by molar-refractivity contribution is 0.154. The fourth-order valence-corrected chi connectivity index (χ4v) is 4.99. The Bertz CT molecular complexity index is 752. The molecule has 3 rings (SSSR count). The fraction of sp³-hybridized carbons (Fsp3) is 0.412. The predicted octanol–water partition coefficient (Wildman–Crippen LogP) is 1.82. The van der Waals surface area contributed by atoms with Gasteiger partial charge in [-0.1, -0.05) is 42.5 Å². The molecule has 0 radical (unpaired) electrons. The van der Waals surface area contributed by atoms with E-state index in [-0.39, 0.29) is 24.2 Å². The maximum absolute atomic E-state index is 11.7. The van der Waals surface area contributed by atoms with E-state index in [0.29, 0.717) is 19.5 Å². The molecular formula is C17H21NO3S. The number of nitrogens with zero attached hydrogens (tertiary/aromatic N) is 1. The second-order valence-corrected chi connectivity index (χ2v) is 8.12. The Balaban J connectivity index is 1.87. The van der Waals surface area contributed by atoms with Crippen molar-refractivity contribution in [2.24, 2.45) is 0 Å². The summed E-state index contributed by atoms with van der Waals surface area (Å²) >= 11 is 0. The van der Waals surface area contributed by atoms with Gasteiger partial charge in [-0.3, -0.25) is 4.90 Å². The fourth-order valence-electron chi connectivity index (χ4n) is 3.23. The van der Waals surface area contributed by atoms with Gasteiger partial charge in [0.25, 0.3) is 0 Å². The summed E-state index contributed by atoms with van der Waals surface area (Å²) in [6.45, 7) is 1.22. The Labute approximate surface area is 131 Å². The molecule has 0 aliphatic carbocycles. The minimum atomic E-state index is -2.92. The highest BCUT2D eigenvalue weighted by Gasteiger charge is 2.32. The van der Waals surface area contributed by atoms with Gasteiger partial charge in [0.2, 0.25) is 0 Å². The summed E-state index contributed by atoms with van der Waals surface area (Å²) in [7, 11) is -2.92. The third kappa shape index (κ3) is 3.32. The number of aliphatic hydroxyl groups is 1. The van der Waals surface area contributed by atoms with E-state index in [2.05, 4.69) is 29.2 Å². The van der Waals surface area contributed by atoms with Crippen molar-refractivity contribution in [1.82, 2.24) is 4.90 Å². The highest BCUT2D eigenvalue weighted by atomic mass is 32.2. The molecule has 1 fully saturated rings. The SMILES string of the molecule is O=S1(=O)CC[C@@H](N(CCO)Cc2cccc3ccccc23)C1. The number of benzene rings is 2. The van der Waals surface area contributed by atoms with Gasteiger partial charge in [0.1, 0.15) is 0 Å². The minimum Gasteiger partial charge on any atom is -0.395 e. The molecule has 1 aliphatic rings. The lowest BCUT2D eigenvalue weighted by atomic mass is 10.0. The minimum absolute atomic E-state index is 0.0103. The lowest BCUT2D eigenvalue weighted by Crippen LogP contribution is -2.37. The monoisotopic (exact) mass is 319 g/mol. The van der Waals surface area contributed by atoms with Crippen molar-refractivity contribution in [3.05, 3.63) is 48.0 Å². The second kappa shape index (κ2) is 6.36. The standard InChI is InChI=1S/C17H21NO3S/c19-10-9-18(16-8-11-22(20,21)13-16)12-15-6-3-5-14-4-1-2-7-17(14)15/h1-7,16,19H,8-13H2/t16-/m1/s1. The first-order valence-electron chi connectivity index (χ1n) is 7.61. The Morgan fingerprint density at radius 2 is 1.91 bits per heavy atom. The van der Waals surface area contributed by atoms with E-state index in [4.69, 9.17) is 0 Å². The second-order valence-electron chi connectivity index (χ2n) is 5.89. The number of fused-ring (bicyclic) bond motifs is 1. The number of hydrogen-bond donors (Lipinski definition) is 1. The van der Waals surface area contributed by atoms with Crippen LogP contribution in [0, 0.1) is 0 Å². The van der Waals surface area contributed by atoms with Crippen molar-refractivity contribution in [2.75, 3.05) is 24.7 Å². The Morgan fingerprint density at radius 3 is 2.64 bits per heavy atom. The van der Waals surface area contributed by atoms with Crippen molar-refractivity contribution in [3.63, 3.8) is 0 Å². The quantitative estimate of drug-likeness (QED) is 0.913. The van der Waals surface area contributed by atoms with Crippen LogP contribution in [0.15, 0.2) is 42.5 Å². The van der Waals surface area contributed by atoms with Crippen molar-refractivity contribution in [1.29, 1.82) is 0 Å². The van der Waals surface area contributed by atoms with Crippen LogP contribution in [0.1, 0.15) is 12.0 Å². The Morgan fingerprint density at radius 1 is 1.14 bits per heavy atom. The number of sulfone groups is 1. The zero-order chi connectivity index (χ0) is 15.6. The summed E-state index contributed by atoms with van der Waals surface area (Å²) in [5.74, 6) is 0.465. The van der Waals surface area contributed by atoms with Crippen molar-refractivity contribution in [3.8, 4) is 0 Å². The molecule has 2 aromatic carbocycles. The van der Waals surface area contributed by atoms with Gasteiger partial charge in [-0.15, -0.1) is 0 Å². The molecule has 5 heteroatoms. The van der Waals surface area contributed by atoms with Gasteiger partial charge < -0.3 is 5.11 Å². The first-order chi connectivity index (χ1) is 10.6. The summed E-state index contributed by atoms with van der Waals surface area (Å²) in [4.78, 5) is 2.10. The van der Waals surface area contributed by atoms with Crippen LogP contribution in [0.25, 0.3) is 10.8 Å². The van der Waals surface area contributed by atoms with E-state index in [1.165, 1.54) is 16.3 Å². The van der Waals surface area contributed by atoms with Crippen molar-refractivity contribution >= 4 is 20.6 Å². The molecular weight excluding hydrogens is 298 g/mol. The first kappa shape index (κ1) is 15.5. The van der Waals surface area contributed by atoms with Crippen LogP contribution >= 0.6 is 0 Å². The Kier molecular flexibility index (Phi) is 4.47. The molecule has 0 unspecified atom stereocenters. The molecule has 1 N–H and O–H groups in total. The van der Waals surface area contributed by atoms with Gasteiger partial charge >= 0.3 is 0 Å². The van der Waals surface area contributed by atoms with E-state index in [0.717, 1.165) is 0 Å². The van der Waals surface area contributed by atoms with Gasteiger partial charge in [0.15, 0.2) is 9.84 Å². The molecule has 1 heterocycles. The molecule has 0 saturated carbocycles. The van der Waals surface area contributed by atoms with Crippen molar-refractivity contribution in [2.45, 2.75) is 19.0 Å². The molecule has 1 atom stereocenters. The van der Waals surface area contributed by atoms with Crippen LogP contribution in [0.5, 0.6) is 0 Å². The summed E-state index contributed by atoms with van der Waals surface area (Å²) < 4.78 is 23.5. The molecule has 4 nitrogen and oxygen atoms in total. The zero-order valence-corrected chi connectivity index (χ0v) is 13.3. The number of hydrogen-bond acceptors (Lipinski definition) is 4. The lowest BCUT2D eigenvalue weighted by Gasteiger charge is -2.27. The highest BCUT2D eigenvalue weighted by Crippen LogP contribution is 2.24. The van der Waals surface area contributed by atoms with Gasteiger partial charge in [0, 0.05) is 19.1 Å². The van der Waals surface area contributed by atoms with E-state index in [1.807, 2.05) is 18.2 Å². The van der Waals surface area contributed by atoms with E-state index >= 15 is 0 Å². The molecule has 118 valence electrons. The topological polar surface area (TPSA) is 57.6 Å². The van der Waals surface area contributed by atoms with Crippen LogP contribution in [-0.2, 0) is 16.4 Å². The highest BCUT2D eigenvalue weighted by molar-refractivity contribution is 7.91. The summed E-state index contributed by atoms with van der Waals surface area (Å²) in [5, 5.41) is 11.7. The Hall–Kier alpha value is -1.43. The van der Waals surface area contributed by atoms with Gasteiger partial charge in [-0.05, 0) is 22.8 Å². The van der Waals surface area contributed by atoms with Gasteiger partial charge in [-0.2, -0.15) is 0 Å². The third-order valence-electron chi connectivity index (χ3n) is 4.37.